The minimum absolute atomic E-state index is 0.221. The van der Waals surface area contributed by atoms with E-state index < -0.39 is 0 Å². The molecular formula is C16H16FN3O2. The van der Waals surface area contributed by atoms with Gasteiger partial charge in [-0.25, -0.2) is 4.39 Å². The molecule has 1 aliphatic heterocycles. The van der Waals surface area contributed by atoms with Crippen molar-refractivity contribution >= 4 is 10.9 Å². The molecule has 4 rings (SSSR count). The van der Waals surface area contributed by atoms with Crippen molar-refractivity contribution < 1.29 is 13.7 Å². The van der Waals surface area contributed by atoms with Crippen molar-refractivity contribution in [2.24, 2.45) is 0 Å². The molecule has 1 unspecified atom stereocenters. The first-order valence-electron chi connectivity index (χ1n) is 7.37. The number of aromatic amines is 1. The largest absolute Gasteiger partial charge is 0.381 e. The van der Waals surface area contributed by atoms with Crippen LogP contribution in [-0.4, -0.2) is 28.3 Å². The van der Waals surface area contributed by atoms with Gasteiger partial charge in [-0.3, -0.25) is 0 Å². The van der Waals surface area contributed by atoms with Gasteiger partial charge in [0.25, 0.3) is 0 Å². The summed E-state index contributed by atoms with van der Waals surface area (Å²) in [5.41, 5.74) is 2.90. The van der Waals surface area contributed by atoms with E-state index in [1.807, 2.05) is 6.92 Å². The highest BCUT2D eigenvalue weighted by Gasteiger charge is 2.23. The van der Waals surface area contributed by atoms with Crippen LogP contribution in [0.4, 0.5) is 4.39 Å². The van der Waals surface area contributed by atoms with Crippen molar-refractivity contribution in [2.75, 3.05) is 13.2 Å². The number of rotatable bonds is 3. The van der Waals surface area contributed by atoms with Crippen LogP contribution < -0.4 is 0 Å². The predicted octanol–water partition coefficient (Wildman–Crippen LogP) is 3.09. The highest BCUT2D eigenvalue weighted by Crippen LogP contribution is 2.27. The number of hydrogen-bond donors (Lipinski definition) is 1. The number of H-pyrrole nitrogens is 1. The molecule has 0 radical (unpaired) electrons. The topological polar surface area (TPSA) is 63.9 Å². The molecule has 0 bridgehead atoms. The van der Waals surface area contributed by atoms with Crippen molar-refractivity contribution in [3.05, 3.63) is 47.0 Å². The van der Waals surface area contributed by atoms with Crippen LogP contribution in [0.3, 0.4) is 0 Å². The molecule has 114 valence electrons. The fourth-order valence-corrected chi connectivity index (χ4v) is 2.98. The van der Waals surface area contributed by atoms with Gasteiger partial charge >= 0.3 is 0 Å². The van der Waals surface area contributed by atoms with Crippen molar-refractivity contribution in [2.45, 2.75) is 25.7 Å². The lowest BCUT2D eigenvalue weighted by molar-refractivity contribution is 0.192. The molecule has 1 aromatic carbocycles. The minimum Gasteiger partial charge on any atom is -0.381 e. The number of fused-ring (bicyclic) bond motifs is 1. The van der Waals surface area contributed by atoms with Gasteiger partial charge in [-0.15, -0.1) is 0 Å². The zero-order valence-corrected chi connectivity index (χ0v) is 12.2. The molecule has 1 atom stereocenters. The lowest BCUT2D eigenvalue weighted by Gasteiger charge is -1.99. The first kappa shape index (κ1) is 13.5. The minimum atomic E-state index is -0.248. The molecule has 5 nitrogen and oxygen atoms in total. The van der Waals surface area contributed by atoms with E-state index in [-0.39, 0.29) is 11.7 Å². The van der Waals surface area contributed by atoms with E-state index in [1.165, 1.54) is 12.1 Å². The van der Waals surface area contributed by atoms with Crippen LogP contribution in [0, 0.1) is 12.7 Å². The van der Waals surface area contributed by atoms with Gasteiger partial charge in [-0.1, -0.05) is 5.16 Å². The summed E-state index contributed by atoms with van der Waals surface area (Å²) in [6, 6.07) is 4.74. The van der Waals surface area contributed by atoms with Gasteiger partial charge in [-0.2, -0.15) is 4.98 Å². The third-order valence-electron chi connectivity index (χ3n) is 4.19. The predicted molar refractivity (Wildman–Crippen MR) is 78.3 cm³/mol. The number of nitrogens with one attached hydrogen (secondary N) is 1. The first-order chi connectivity index (χ1) is 10.7. The van der Waals surface area contributed by atoms with Crippen molar-refractivity contribution in [3.8, 4) is 0 Å². The standard InChI is InChI=1S/C16H16FN3O2/c1-9-12(13-6-11(17)2-3-14(13)18-9)7-15-19-16(20-22-15)10-4-5-21-8-10/h2-3,6,10,18H,4-5,7-8H2,1H3. The van der Waals surface area contributed by atoms with Crippen LogP contribution in [0.2, 0.25) is 0 Å². The lowest BCUT2D eigenvalue weighted by atomic mass is 10.1. The number of ether oxygens (including phenoxy) is 1. The molecule has 6 heteroatoms. The number of hydrogen-bond acceptors (Lipinski definition) is 4. The molecule has 0 spiro atoms. The highest BCUT2D eigenvalue weighted by atomic mass is 19.1. The van der Waals surface area contributed by atoms with Crippen LogP contribution >= 0.6 is 0 Å². The SMILES string of the molecule is Cc1[nH]c2ccc(F)cc2c1Cc1nc(C2CCOC2)no1. The molecule has 3 aromatic rings. The lowest BCUT2D eigenvalue weighted by Crippen LogP contribution is -2.00. The van der Waals surface area contributed by atoms with Crippen LogP contribution in [0.15, 0.2) is 22.7 Å². The van der Waals surface area contributed by atoms with Gasteiger partial charge in [0, 0.05) is 29.1 Å². The Morgan fingerprint density at radius 3 is 3.14 bits per heavy atom. The van der Waals surface area contributed by atoms with E-state index in [1.54, 1.807) is 6.07 Å². The number of benzene rings is 1. The van der Waals surface area contributed by atoms with E-state index in [2.05, 4.69) is 15.1 Å². The Labute approximate surface area is 126 Å². The first-order valence-corrected chi connectivity index (χ1v) is 7.37. The summed E-state index contributed by atoms with van der Waals surface area (Å²) in [5, 5.41) is 4.92. The van der Waals surface area contributed by atoms with E-state index in [9.17, 15) is 4.39 Å². The number of halogens is 1. The van der Waals surface area contributed by atoms with Crippen LogP contribution in [0.1, 0.15) is 35.3 Å². The van der Waals surface area contributed by atoms with E-state index in [0.717, 1.165) is 35.2 Å². The molecule has 1 saturated heterocycles. The van der Waals surface area contributed by atoms with Gasteiger partial charge in [0.05, 0.1) is 13.0 Å². The second-order valence-corrected chi connectivity index (χ2v) is 5.70. The van der Waals surface area contributed by atoms with Gasteiger partial charge < -0.3 is 14.2 Å². The summed E-state index contributed by atoms with van der Waals surface area (Å²) in [7, 11) is 0. The molecular weight excluding hydrogens is 285 g/mol. The van der Waals surface area contributed by atoms with E-state index in [4.69, 9.17) is 9.26 Å². The summed E-state index contributed by atoms with van der Waals surface area (Å²) in [6.07, 6.45) is 1.42. The maximum atomic E-state index is 13.5. The third kappa shape index (κ3) is 2.29. The Bertz CT molecular complexity index is 818. The molecule has 0 aliphatic carbocycles. The van der Waals surface area contributed by atoms with Gasteiger partial charge in [0.15, 0.2) is 5.82 Å². The Balaban J connectivity index is 1.66. The average molecular weight is 301 g/mol. The number of aromatic nitrogens is 3. The summed E-state index contributed by atoms with van der Waals surface area (Å²) < 4.78 is 24.2. The summed E-state index contributed by atoms with van der Waals surface area (Å²) >= 11 is 0. The Kier molecular flexibility index (Phi) is 3.18. The summed E-state index contributed by atoms with van der Waals surface area (Å²) in [5.74, 6) is 1.23. The molecule has 1 N–H and O–H groups in total. The molecule has 3 heterocycles. The fraction of sp³-hybridized carbons (Fsp3) is 0.375. The van der Waals surface area contributed by atoms with Crippen molar-refractivity contribution in [1.29, 1.82) is 0 Å². The average Bonchev–Trinajstić information content (AvgIpc) is 3.21. The van der Waals surface area contributed by atoms with Crippen molar-refractivity contribution in [1.82, 2.24) is 15.1 Å². The second kappa shape index (κ2) is 5.21. The number of aryl methyl sites for hydroxylation is 1. The highest BCUT2D eigenvalue weighted by molar-refractivity contribution is 5.84. The Morgan fingerprint density at radius 2 is 2.32 bits per heavy atom. The summed E-state index contributed by atoms with van der Waals surface area (Å²) in [4.78, 5) is 7.73. The van der Waals surface area contributed by atoms with Gasteiger partial charge in [-0.05, 0) is 37.1 Å². The zero-order chi connectivity index (χ0) is 15.1. The molecule has 2 aromatic heterocycles. The summed E-state index contributed by atoms with van der Waals surface area (Å²) in [6.45, 7) is 3.36. The second-order valence-electron chi connectivity index (χ2n) is 5.70. The van der Waals surface area contributed by atoms with E-state index >= 15 is 0 Å². The van der Waals surface area contributed by atoms with Crippen LogP contribution in [-0.2, 0) is 11.2 Å². The normalized spacial score (nSPS) is 18.4. The van der Waals surface area contributed by atoms with Gasteiger partial charge in [0.1, 0.15) is 5.82 Å². The Hall–Kier alpha value is -2.21. The third-order valence-corrected chi connectivity index (χ3v) is 4.19. The molecule has 1 aliphatic rings. The van der Waals surface area contributed by atoms with Crippen molar-refractivity contribution in [3.63, 3.8) is 0 Å². The number of nitrogens with zero attached hydrogens (tertiary/aromatic N) is 2. The zero-order valence-electron chi connectivity index (χ0n) is 12.2. The Morgan fingerprint density at radius 1 is 1.41 bits per heavy atom. The molecule has 1 fully saturated rings. The van der Waals surface area contributed by atoms with Gasteiger partial charge in [0.2, 0.25) is 5.89 Å². The van der Waals surface area contributed by atoms with Crippen LogP contribution in [0.5, 0.6) is 0 Å². The quantitative estimate of drug-likeness (QED) is 0.807. The molecule has 22 heavy (non-hydrogen) atoms. The monoisotopic (exact) mass is 301 g/mol. The smallest absolute Gasteiger partial charge is 0.231 e. The van der Waals surface area contributed by atoms with E-state index in [0.29, 0.717) is 24.7 Å². The maximum Gasteiger partial charge on any atom is 0.231 e. The fourth-order valence-electron chi connectivity index (χ4n) is 2.98. The molecule has 0 amide bonds. The molecule has 0 saturated carbocycles. The van der Waals surface area contributed by atoms with Crippen LogP contribution in [0.25, 0.3) is 10.9 Å². The maximum absolute atomic E-state index is 13.5.